The molecule has 0 spiro atoms. The molecule has 212 valence electrons. The Bertz CT molecular complexity index is 1770. The fraction of sp³-hybridized carbons (Fsp3) is 0.147. The van der Waals surface area contributed by atoms with E-state index in [2.05, 4.69) is 15.3 Å². The number of ether oxygens (including phenoxy) is 2. The van der Waals surface area contributed by atoms with Crippen molar-refractivity contribution in [3.8, 4) is 16.9 Å². The third kappa shape index (κ3) is 7.50. The lowest BCUT2D eigenvalue weighted by molar-refractivity contribution is -0.148. The molecule has 0 radical (unpaired) electrons. The standard InChI is InChI=1S/C34H29ClFN3O3/c1-34(2,3)42-32(40)16-9-22-7-10-24(11-8-22)25-12-14-30-28(18-25)33(38-21-37-30)39-27-13-15-31(29(35)19-27)41-20-23-5-4-6-26(36)17-23/h4-19,21H,20H2,1-3H3,(H,37,38,39). The van der Waals surface area contributed by atoms with Crippen LogP contribution in [0.2, 0.25) is 5.02 Å². The van der Waals surface area contributed by atoms with E-state index in [-0.39, 0.29) is 18.4 Å². The Hall–Kier alpha value is -4.75. The van der Waals surface area contributed by atoms with Gasteiger partial charge in [-0.1, -0.05) is 54.1 Å². The molecule has 5 rings (SSSR count). The van der Waals surface area contributed by atoms with Crippen molar-refractivity contribution in [2.45, 2.75) is 33.0 Å². The first-order valence-corrected chi connectivity index (χ1v) is 13.7. The number of aromatic nitrogens is 2. The number of hydrogen-bond acceptors (Lipinski definition) is 6. The Morgan fingerprint density at radius 3 is 2.48 bits per heavy atom. The molecule has 8 heteroatoms. The molecule has 0 atom stereocenters. The van der Waals surface area contributed by atoms with Crippen molar-refractivity contribution in [3.63, 3.8) is 0 Å². The average molecular weight is 582 g/mol. The van der Waals surface area contributed by atoms with Crippen LogP contribution in [-0.2, 0) is 16.1 Å². The normalized spacial score (nSPS) is 11.5. The molecule has 42 heavy (non-hydrogen) atoms. The quantitative estimate of drug-likeness (QED) is 0.146. The molecule has 0 saturated heterocycles. The number of esters is 1. The summed E-state index contributed by atoms with van der Waals surface area (Å²) >= 11 is 6.49. The third-order valence-electron chi connectivity index (χ3n) is 6.18. The Kier molecular flexibility index (Phi) is 8.50. The van der Waals surface area contributed by atoms with Gasteiger partial charge in [-0.05, 0) is 91.6 Å². The van der Waals surface area contributed by atoms with Gasteiger partial charge in [-0.2, -0.15) is 0 Å². The highest BCUT2D eigenvalue weighted by Gasteiger charge is 2.14. The molecule has 0 amide bonds. The highest BCUT2D eigenvalue weighted by Crippen LogP contribution is 2.32. The highest BCUT2D eigenvalue weighted by molar-refractivity contribution is 6.32. The van der Waals surface area contributed by atoms with Crippen molar-refractivity contribution in [2.24, 2.45) is 0 Å². The van der Waals surface area contributed by atoms with Crippen LogP contribution in [0, 0.1) is 5.82 Å². The minimum absolute atomic E-state index is 0.199. The number of carbonyl (C=O) groups excluding carboxylic acids is 1. The minimum Gasteiger partial charge on any atom is -0.487 e. The fourth-order valence-corrected chi connectivity index (χ4v) is 4.48. The Morgan fingerprint density at radius 1 is 0.952 bits per heavy atom. The van der Waals surface area contributed by atoms with Crippen LogP contribution in [0.15, 0.2) is 97.3 Å². The van der Waals surface area contributed by atoms with Gasteiger partial charge < -0.3 is 14.8 Å². The lowest BCUT2D eigenvalue weighted by Gasteiger charge is -2.17. The molecule has 0 aliphatic rings. The van der Waals surface area contributed by atoms with Gasteiger partial charge in [-0.25, -0.2) is 19.2 Å². The van der Waals surface area contributed by atoms with Crippen LogP contribution in [0.1, 0.15) is 31.9 Å². The van der Waals surface area contributed by atoms with Gasteiger partial charge in [-0.15, -0.1) is 0 Å². The lowest BCUT2D eigenvalue weighted by atomic mass is 10.0. The second-order valence-electron chi connectivity index (χ2n) is 10.6. The zero-order valence-electron chi connectivity index (χ0n) is 23.4. The van der Waals surface area contributed by atoms with E-state index in [0.717, 1.165) is 33.3 Å². The summed E-state index contributed by atoms with van der Waals surface area (Å²) in [5.41, 5.74) is 4.57. The summed E-state index contributed by atoms with van der Waals surface area (Å²) in [4.78, 5) is 20.9. The molecule has 6 nitrogen and oxygen atoms in total. The first-order chi connectivity index (χ1) is 20.1. The monoisotopic (exact) mass is 581 g/mol. The summed E-state index contributed by atoms with van der Waals surface area (Å²) in [5.74, 6) is 0.425. The van der Waals surface area contributed by atoms with Crippen LogP contribution >= 0.6 is 11.6 Å². The molecule has 1 aromatic heterocycles. The second-order valence-corrected chi connectivity index (χ2v) is 11.0. The summed E-state index contributed by atoms with van der Waals surface area (Å²) in [7, 11) is 0. The van der Waals surface area contributed by atoms with E-state index >= 15 is 0 Å². The molecule has 0 aliphatic heterocycles. The predicted molar refractivity (Wildman–Crippen MR) is 165 cm³/mol. The van der Waals surface area contributed by atoms with E-state index < -0.39 is 5.60 Å². The van der Waals surface area contributed by atoms with E-state index in [1.807, 2.05) is 69.3 Å². The van der Waals surface area contributed by atoms with E-state index in [1.54, 1.807) is 30.3 Å². The van der Waals surface area contributed by atoms with Gasteiger partial charge in [0, 0.05) is 17.1 Å². The van der Waals surface area contributed by atoms with E-state index in [1.165, 1.54) is 24.5 Å². The summed E-state index contributed by atoms with van der Waals surface area (Å²) in [6.07, 6.45) is 4.67. The lowest BCUT2D eigenvalue weighted by Crippen LogP contribution is -2.22. The maximum atomic E-state index is 13.5. The number of nitrogens with zero attached hydrogens (tertiary/aromatic N) is 2. The smallest absolute Gasteiger partial charge is 0.331 e. The van der Waals surface area contributed by atoms with Gasteiger partial charge in [0.2, 0.25) is 0 Å². The summed E-state index contributed by atoms with van der Waals surface area (Å²) in [6.45, 7) is 5.70. The molecule has 0 bridgehead atoms. The molecule has 1 heterocycles. The molecule has 0 unspecified atom stereocenters. The van der Waals surface area contributed by atoms with Crippen molar-refractivity contribution >= 4 is 46.1 Å². The van der Waals surface area contributed by atoms with Crippen LogP contribution in [-0.4, -0.2) is 21.5 Å². The van der Waals surface area contributed by atoms with Gasteiger partial charge in [-0.3, -0.25) is 0 Å². The van der Waals surface area contributed by atoms with Crippen LogP contribution in [0.25, 0.3) is 28.1 Å². The van der Waals surface area contributed by atoms with Crippen molar-refractivity contribution < 1.29 is 18.7 Å². The molecule has 0 fully saturated rings. The van der Waals surface area contributed by atoms with Crippen LogP contribution in [0.4, 0.5) is 15.9 Å². The Balaban J connectivity index is 1.31. The van der Waals surface area contributed by atoms with Crippen LogP contribution < -0.4 is 10.1 Å². The third-order valence-corrected chi connectivity index (χ3v) is 6.47. The van der Waals surface area contributed by atoms with Crippen molar-refractivity contribution in [2.75, 3.05) is 5.32 Å². The minimum atomic E-state index is -0.533. The van der Waals surface area contributed by atoms with Crippen LogP contribution in [0.5, 0.6) is 5.75 Å². The Morgan fingerprint density at radius 2 is 1.74 bits per heavy atom. The molecular formula is C34H29ClFN3O3. The number of rotatable bonds is 8. The highest BCUT2D eigenvalue weighted by atomic mass is 35.5. The molecule has 4 aromatic carbocycles. The summed E-state index contributed by atoms with van der Waals surface area (Å²) in [5, 5.41) is 4.59. The predicted octanol–water partition coefficient (Wildman–Crippen LogP) is 8.77. The van der Waals surface area contributed by atoms with Gasteiger partial charge in [0.05, 0.1) is 10.5 Å². The van der Waals surface area contributed by atoms with E-state index in [9.17, 15) is 9.18 Å². The van der Waals surface area contributed by atoms with E-state index in [0.29, 0.717) is 22.2 Å². The number of carbonyl (C=O) groups is 1. The van der Waals surface area contributed by atoms with Crippen molar-refractivity contribution in [1.29, 1.82) is 0 Å². The first kappa shape index (κ1) is 28.8. The number of benzene rings is 4. The zero-order chi connectivity index (χ0) is 29.7. The largest absolute Gasteiger partial charge is 0.487 e. The maximum Gasteiger partial charge on any atom is 0.331 e. The van der Waals surface area contributed by atoms with E-state index in [4.69, 9.17) is 21.1 Å². The molecule has 5 aromatic rings. The van der Waals surface area contributed by atoms with Gasteiger partial charge >= 0.3 is 5.97 Å². The van der Waals surface area contributed by atoms with Crippen molar-refractivity contribution in [1.82, 2.24) is 9.97 Å². The summed E-state index contributed by atoms with van der Waals surface area (Å²) in [6, 6.07) is 25.5. The van der Waals surface area contributed by atoms with Crippen molar-refractivity contribution in [3.05, 3.63) is 119 Å². The maximum absolute atomic E-state index is 13.5. The number of nitrogens with one attached hydrogen (secondary N) is 1. The number of halogens is 2. The number of anilines is 2. The van der Waals surface area contributed by atoms with Gasteiger partial charge in [0.1, 0.15) is 35.9 Å². The second kappa shape index (κ2) is 12.4. The number of fused-ring (bicyclic) bond motifs is 1. The molecule has 0 saturated carbocycles. The first-order valence-electron chi connectivity index (χ1n) is 13.3. The van der Waals surface area contributed by atoms with Crippen LogP contribution in [0.3, 0.4) is 0 Å². The average Bonchev–Trinajstić information content (AvgIpc) is 2.95. The Labute approximate surface area is 248 Å². The fourth-order valence-electron chi connectivity index (χ4n) is 4.24. The molecule has 1 N–H and O–H groups in total. The topological polar surface area (TPSA) is 73.3 Å². The SMILES string of the molecule is CC(C)(C)OC(=O)C=Cc1ccc(-c2ccc3ncnc(Nc4ccc(OCc5cccc(F)c5)c(Cl)c4)c3c2)cc1. The van der Waals surface area contributed by atoms with Gasteiger partial charge in [0.15, 0.2) is 0 Å². The van der Waals surface area contributed by atoms with Gasteiger partial charge in [0.25, 0.3) is 0 Å². The summed E-state index contributed by atoms with van der Waals surface area (Å²) < 4.78 is 24.6. The number of hydrogen-bond donors (Lipinski definition) is 1. The molecular weight excluding hydrogens is 553 g/mol. The zero-order valence-corrected chi connectivity index (χ0v) is 24.2. The molecule has 0 aliphatic carbocycles.